The van der Waals surface area contributed by atoms with E-state index in [1.54, 1.807) is 0 Å². The van der Waals surface area contributed by atoms with Gasteiger partial charge in [-0.15, -0.1) is 0 Å². The van der Waals surface area contributed by atoms with Crippen LogP contribution in [0.25, 0.3) is 0 Å². The maximum Gasteiger partial charge on any atom is 0.234 e. The van der Waals surface area contributed by atoms with Crippen LogP contribution >= 0.6 is 0 Å². The number of nitrogens with zero attached hydrogens (tertiary/aromatic N) is 2. The maximum atomic E-state index is 11.1. The summed E-state index contributed by atoms with van der Waals surface area (Å²) in [5.74, 6) is -0.113. The molecule has 0 bridgehead atoms. The van der Waals surface area contributed by atoms with Crippen LogP contribution in [0, 0.1) is 11.3 Å². The quantitative estimate of drug-likeness (QED) is 0.450. The molecule has 0 radical (unpaired) electrons. The van der Waals surface area contributed by atoms with Gasteiger partial charge < -0.3 is 15.5 Å². The van der Waals surface area contributed by atoms with Gasteiger partial charge in [0.25, 0.3) is 0 Å². The molecular weight excluding hydrogens is 192 g/mol. The fraction of sp³-hybridized carbons (Fsp3) is 0.800. The van der Waals surface area contributed by atoms with Gasteiger partial charge in [-0.3, -0.25) is 4.79 Å². The Morgan fingerprint density at radius 1 is 1.40 bits per heavy atom. The number of hydrogen-bond donors (Lipinski definition) is 2. The molecule has 1 fully saturated rings. The van der Waals surface area contributed by atoms with Crippen LogP contribution < -0.4 is 10.6 Å². The van der Waals surface area contributed by atoms with E-state index < -0.39 is 0 Å². The average molecular weight is 210 g/mol. The maximum absolute atomic E-state index is 11.1. The van der Waals surface area contributed by atoms with Crippen molar-refractivity contribution in [1.29, 1.82) is 5.26 Å². The summed E-state index contributed by atoms with van der Waals surface area (Å²) in [6, 6.07) is 1.87. The van der Waals surface area contributed by atoms with Crippen molar-refractivity contribution in [2.75, 3.05) is 39.3 Å². The van der Waals surface area contributed by atoms with Crippen molar-refractivity contribution in [3.8, 4) is 6.07 Å². The summed E-state index contributed by atoms with van der Waals surface area (Å²) < 4.78 is 0. The van der Waals surface area contributed by atoms with Gasteiger partial charge in [-0.1, -0.05) is 0 Å². The van der Waals surface area contributed by atoms with Gasteiger partial charge in [0.1, 0.15) is 6.54 Å². The Bertz CT molecular complexity index is 230. The molecule has 1 heterocycles. The summed E-state index contributed by atoms with van der Waals surface area (Å²) in [5.41, 5.74) is 0. The molecule has 1 saturated heterocycles. The van der Waals surface area contributed by atoms with E-state index in [1.807, 2.05) is 6.07 Å². The fourth-order valence-corrected chi connectivity index (χ4v) is 1.65. The molecule has 1 aliphatic rings. The highest BCUT2D eigenvalue weighted by molar-refractivity contribution is 5.78. The zero-order valence-corrected chi connectivity index (χ0v) is 8.96. The Morgan fingerprint density at radius 2 is 2.13 bits per heavy atom. The number of nitrogens with one attached hydrogen (secondary N) is 2. The molecule has 5 heteroatoms. The topological polar surface area (TPSA) is 68.2 Å². The summed E-state index contributed by atoms with van der Waals surface area (Å²) in [5, 5.41) is 13.8. The van der Waals surface area contributed by atoms with Gasteiger partial charge in [0.2, 0.25) is 5.91 Å². The monoisotopic (exact) mass is 210 g/mol. The third-order valence-electron chi connectivity index (χ3n) is 2.45. The van der Waals surface area contributed by atoms with E-state index in [0.29, 0.717) is 6.54 Å². The van der Waals surface area contributed by atoms with Gasteiger partial charge in [0.05, 0.1) is 12.6 Å². The molecule has 0 aromatic rings. The molecule has 0 saturated carbocycles. The van der Waals surface area contributed by atoms with Crippen LogP contribution in [0.1, 0.15) is 12.8 Å². The number of rotatable bonds is 6. The Morgan fingerprint density at radius 3 is 2.80 bits per heavy atom. The Hall–Kier alpha value is -1.12. The zero-order chi connectivity index (χ0) is 10.9. The number of amides is 1. The highest BCUT2D eigenvalue weighted by atomic mass is 16.1. The van der Waals surface area contributed by atoms with Gasteiger partial charge in [0, 0.05) is 13.1 Å². The number of carbonyl (C=O) groups excluding carboxylic acids is 1. The first-order valence-electron chi connectivity index (χ1n) is 5.39. The molecule has 15 heavy (non-hydrogen) atoms. The third-order valence-corrected chi connectivity index (χ3v) is 2.45. The van der Waals surface area contributed by atoms with Gasteiger partial charge in [-0.2, -0.15) is 5.26 Å². The minimum absolute atomic E-state index is 0.0899. The van der Waals surface area contributed by atoms with Gasteiger partial charge in [0.15, 0.2) is 0 Å². The normalized spacial score (nSPS) is 16.2. The zero-order valence-electron chi connectivity index (χ0n) is 8.96. The van der Waals surface area contributed by atoms with Crippen molar-refractivity contribution >= 4 is 5.91 Å². The second-order valence-corrected chi connectivity index (χ2v) is 3.66. The molecular formula is C10H18N4O. The standard InChI is InChI=1S/C10H18N4O/c11-3-4-13-10(15)9-12-5-8-14-6-1-2-7-14/h12H,1-2,4-9H2,(H,13,15). The lowest BCUT2D eigenvalue weighted by atomic mass is 10.4. The molecule has 1 aliphatic heterocycles. The number of carbonyl (C=O) groups is 1. The second-order valence-electron chi connectivity index (χ2n) is 3.66. The van der Waals surface area contributed by atoms with E-state index in [0.717, 1.165) is 13.1 Å². The van der Waals surface area contributed by atoms with Crippen molar-refractivity contribution in [1.82, 2.24) is 15.5 Å². The van der Waals surface area contributed by atoms with Crippen molar-refractivity contribution in [3.63, 3.8) is 0 Å². The second kappa shape index (κ2) is 7.21. The van der Waals surface area contributed by atoms with E-state index in [-0.39, 0.29) is 12.5 Å². The highest BCUT2D eigenvalue weighted by Crippen LogP contribution is 2.05. The average Bonchev–Trinajstić information content (AvgIpc) is 2.74. The molecule has 2 N–H and O–H groups in total. The molecule has 0 aromatic heterocycles. The summed E-state index contributed by atoms with van der Waals surface area (Å²) in [6.07, 6.45) is 2.59. The van der Waals surface area contributed by atoms with Gasteiger partial charge >= 0.3 is 0 Å². The van der Waals surface area contributed by atoms with Gasteiger partial charge in [-0.05, 0) is 25.9 Å². The largest absolute Gasteiger partial charge is 0.342 e. The van der Waals surface area contributed by atoms with E-state index in [4.69, 9.17) is 5.26 Å². The van der Waals surface area contributed by atoms with Crippen LogP contribution in [-0.2, 0) is 4.79 Å². The number of likely N-dealkylation sites (tertiary alicyclic amines) is 1. The van der Waals surface area contributed by atoms with Crippen LogP contribution in [0.5, 0.6) is 0 Å². The fourth-order valence-electron chi connectivity index (χ4n) is 1.65. The lowest BCUT2D eigenvalue weighted by Gasteiger charge is -2.14. The Kier molecular flexibility index (Phi) is 5.74. The molecule has 0 spiro atoms. The Balaban J connectivity index is 1.92. The van der Waals surface area contributed by atoms with Gasteiger partial charge in [-0.25, -0.2) is 0 Å². The van der Waals surface area contributed by atoms with Crippen molar-refractivity contribution in [3.05, 3.63) is 0 Å². The summed E-state index contributed by atoms with van der Waals surface area (Å²) in [4.78, 5) is 13.4. The number of hydrogen-bond acceptors (Lipinski definition) is 4. The minimum atomic E-state index is -0.113. The van der Waals surface area contributed by atoms with Crippen LogP contribution in [0.15, 0.2) is 0 Å². The first-order chi connectivity index (χ1) is 7.33. The first-order valence-corrected chi connectivity index (χ1v) is 5.39. The highest BCUT2D eigenvalue weighted by Gasteiger charge is 2.10. The van der Waals surface area contributed by atoms with E-state index in [2.05, 4.69) is 15.5 Å². The van der Waals surface area contributed by atoms with Crippen LogP contribution in [-0.4, -0.2) is 50.1 Å². The molecule has 5 nitrogen and oxygen atoms in total. The molecule has 0 aliphatic carbocycles. The van der Waals surface area contributed by atoms with E-state index in [9.17, 15) is 4.79 Å². The molecule has 0 unspecified atom stereocenters. The van der Waals surface area contributed by atoms with Crippen molar-refractivity contribution in [2.24, 2.45) is 0 Å². The molecule has 0 aromatic carbocycles. The smallest absolute Gasteiger partial charge is 0.234 e. The summed E-state index contributed by atoms with van der Waals surface area (Å²) >= 11 is 0. The van der Waals surface area contributed by atoms with Crippen LogP contribution in [0.3, 0.4) is 0 Å². The predicted molar refractivity (Wildman–Crippen MR) is 57.2 cm³/mol. The van der Waals surface area contributed by atoms with Crippen LogP contribution in [0.2, 0.25) is 0 Å². The van der Waals surface area contributed by atoms with E-state index in [1.165, 1.54) is 25.9 Å². The van der Waals surface area contributed by atoms with E-state index >= 15 is 0 Å². The summed E-state index contributed by atoms with van der Waals surface area (Å²) in [6.45, 7) is 4.60. The molecule has 84 valence electrons. The minimum Gasteiger partial charge on any atom is -0.342 e. The number of nitriles is 1. The van der Waals surface area contributed by atoms with Crippen molar-refractivity contribution in [2.45, 2.75) is 12.8 Å². The lowest BCUT2D eigenvalue weighted by Crippen LogP contribution is -2.37. The molecule has 1 amide bonds. The van der Waals surface area contributed by atoms with Crippen molar-refractivity contribution < 1.29 is 4.79 Å². The third kappa shape index (κ3) is 5.35. The SMILES string of the molecule is N#CCNC(=O)CNCCN1CCCC1. The molecule has 1 rings (SSSR count). The lowest BCUT2D eigenvalue weighted by molar-refractivity contribution is -0.120. The predicted octanol–water partition coefficient (Wildman–Crippen LogP) is -0.688. The Labute approximate surface area is 90.4 Å². The van der Waals surface area contributed by atoms with Crippen LogP contribution in [0.4, 0.5) is 0 Å². The molecule has 0 atom stereocenters. The summed E-state index contributed by atoms with van der Waals surface area (Å²) in [7, 11) is 0. The first kappa shape index (κ1) is 12.0.